The van der Waals surface area contributed by atoms with Crippen LogP contribution < -0.4 is 20.7 Å². The molecule has 0 saturated carbocycles. The number of H-pyrrole nitrogens is 1. The number of anilines is 3. The van der Waals surface area contributed by atoms with Crippen LogP contribution in [0.2, 0.25) is 0 Å². The number of hydrogen-bond donors (Lipinski definition) is 3. The lowest BCUT2D eigenvalue weighted by molar-refractivity contribution is -0.138. The number of benzene rings is 1. The quantitative estimate of drug-likeness (QED) is 0.358. The Kier molecular flexibility index (Phi) is 8.75. The molecule has 5 rings (SSSR count). The molecular formula is C30H33F4N7O3. The van der Waals surface area contributed by atoms with Crippen LogP contribution in [0, 0.1) is 5.82 Å². The standard InChI is InChI=1S/C30H33F4N7O3/c1-17-13-41(14-18(2)39(17)3)26-9-24(31)21(20-5-4-6-40(15-20)29-36-10-19(16-42)11-37-29)7-25(26)38-28(44)22-12-35-27(43)8-23(22)30(32,33)34/h5,7-12,17-18,42H,4,6,13-16H2,1-3H3,(H,35,43)(H,38,44). The van der Waals surface area contributed by atoms with Crippen LogP contribution in [0.1, 0.15) is 47.3 Å². The molecule has 1 amide bonds. The van der Waals surface area contributed by atoms with E-state index in [-0.39, 0.29) is 36.5 Å². The summed E-state index contributed by atoms with van der Waals surface area (Å²) in [7, 11) is 1.98. The van der Waals surface area contributed by atoms with Crippen molar-refractivity contribution in [3.05, 3.63) is 81.3 Å². The number of amides is 1. The van der Waals surface area contributed by atoms with Gasteiger partial charge in [-0.1, -0.05) is 6.08 Å². The van der Waals surface area contributed by atoms with E-state index in [1.165, 1.54) is 24.5 Å². The number of aromatic nitrogens is 3. The number of carbonyl (C=O) groups excluding carboxylic acids is 1. The number of halogens is 4. The Bertz CT molecular complexity index is 1610. The molecule has 3 N–H and O–H groups in total. The van der Waals surface area contributed by atoms with Gasteiger partial charge in [-0.25, -0.2) is 14.4 Å². The van der Waals surface area contributed by atoms with Crippen LogP contribution >= 0.6 is 0 Å². The minimum absolute atomic E-state index is 0.0768. The number of aliphatic hydroxyl groups is 1. The van der Waals surface area contributed by atoms with Crippen molar-refractivity contribution in [3.8, 4) is 0 Å². The van der Waals surface area contributed by atoms with Gasteiger partial charge in [0.15, 0.2) is 0 Å². The summed E-state index contributed by atoms with van der Waals surface area (Å²) in [5.74, 6) is -1.25. The van der Waals surface area contributed by atoms with Crippen LogP contribution in [-0.2, 0) is 12.8 Å². The number of aliphatic hydroxyl groups excluding tert-OH is 1. The molecule has 234 valence electrons. The predicted octanol–water partition coefficient (Wildman–Crippen LogP) is 3.89. The molecule has 2 unspecified atom stereocenters. The van der Waals surface area contributed by atoms with Crippen LogP contribution in [0.3, 0.4) is 0 Å². The van der Waals surface area contributed by atoms with Gasteiger partial charge in [-0.2, -0.15) is 13.2 Å². The van der Waals surface area contributed by atoms with E-state index < -0.39 is 34.6 Å². The van der Waals surface area contributed by atoms with Gasteiger partial charge >= 0.3 is 6.18 Å². The van der Waals surface area contributed by atoms with Crippen molar-refractivity contribution in [2.75, 3.05) is 48.3 Å². The second-order valence-corrected chi connectivity index (χ2v) is 11.2. The van der Waals surface area contributed by atoms with Gasteiger partial charge < -0.3 is 25.2 Å². The highest BCUT2D eigenvalue weighted by Gasteiger charge is 2.36. The molecule has 4 heterocycles. The van der Waals surface area contributed by atoms with Crippen LogP contribution in [0.25, 0.3) is 5.57 Å². The molecule has 0 radical (unpaired) electrons. The zero-order chi connectivity index (χ0) is 31.8. The number of pyridine rings is 1. The van der Waals surface area contributed by atoms with Gasteiger partial charge in [-0.05, 0) is 45.0 Å². The summed E-state index contributed by atoms with van der Waals surface area (Å²) in [4.78, 5) is 41.7. The lowest BCUT2D eigenvalue weighted by atomic mass is 9.98. The van der Waals surface area contributed by atoms with Crippen molar-refractivity contribution >= 4 is 28.8 Å². The summed E-state index contributed by atoms with van der Waals surface area (Å²) in [6.07, 6.45) is 1.21. The third-order valence-corrected chi connectivity index (χ3v) is 8.16. The second kappa shape index (κ2) is 12.4. The molecule has 0 spiro atoms. The Morgan fingerprint density at radius 2 is 1.80 bits per heavy atom. The van der Waals surface area contributed by atoms with Gasteiger partial charge in [0.2, 0.25) is 11.5 Å². The van der Waals surface area contributed by atoms with E-state index in [0.29, 0.717) is 54.9 Å². The maximum Gasteiger partial charge on any atom is 0.417 e. The lowest BCUT2D eigenvalue weighted by Crippen LogP contribution is -2.55. The molecule has 3 aromatic rings. The van der Waals surface area contributed by atoms with Gasteiger partial charge in [0.05, 0.1) is 29.1 Å². The number of hydrogen-bond acceptors (Lipinski definition) is 8. The van der Waals surface area contributed by atoms with Gasteiger partial charge in [0.1, 0.15) is 5.82 Å². The van der Waals surface area contributed by atoms with E-state index in [0.717, 1.165) is 6.20 Å². The molecule has 14 heteroatoms. The topological polar surface area (TPSA) is 118 Å². The highest BCUT2D eigenvalue weighted by molar-refractivity contribution is 6.07. The zero-order valence-electron chi connectivity index (χ0n) is 24.5. The highest BCUT2D eigenvalue weighted by atomic mass is 19.4. The van der Waals surface area contributed by atoms with Crippen LogP contribution in [0.5, 0.6) is 0 Å². The summed E-state index contributed by atoms with van der Waals surface area (Å²) < 4.78 is 57.2. The zero-order valence-corrected chi connectivity index (χ0v) is 24.5. The van der Waals surface area contributed by atoms with Crippen molar-refractivity contribution in [2.45, 2.75) is 45.1 Å². The van der Waals surface area contributed by atoms with Crippen molar-refractivity contribution < 1.29 is 27.5 Å². The maximum absolute atomic E-state index is 15.9. The number of nitrogens with one attached hydrogen (secondary N) is 2. The van der Waals surface area contributed by atoms with E-state index in [1.807, 2.05) is 36.8 Å². The summed E-state index contributed by atoms with van der Waals surface area (Å²) in [5, 5.41) is 11.9. The number of nitrogens with zero attached hydrogens (tertiary/aromatic N) is 5. The first kappa shape index (κ1) is 31.1. The smallest absolute Gasteiger partial charge is 0.392 e. The molecule has 2 aliphatic rings. The normalized spacial score (nSPS) is 19.6. The Hall–Kier alpha value is -4.30. The van der Waals surface area contributed by atoms with E-state index in [1.54, 1.807) is 0 Å². The third kappa shape index (κ3) is 6.45. The summed E-state index contributed by atoms with van der Waals surface area (Å²) in [5.41, 5.74) is -1.35. The highest BCUT2D eigenvalue weighted by Crippen LogP contribution is 2.37. The molecule has 0 aliphatic carbocycles. The summed E-state index contributed by atoms with van der Waals surface area (Å²) in [6, 6.07) is 3.24. The molecule has 1 saturated heterocycles. The molecule has 1 aromatic carbocycles. The number of aromatic amines is 1. The van der Waals surface area contributed by atoms with Gasteiger partial charge in [-0.3, -0.25) is 14.5 Å². The first-order valence-electron chi connectivity index (χ1n) is 14.1. The van der Waals surface area contributed by atoms with E-state index in [9.17, 15) is 27.9 Å². The fourth-order valence-corrected chi connectivity index (χ4v) is 5.56. The summed E-state index contributed by atoms with van der Waals surface area (Å²) in [6.45, 7) is 5.61. The average Bonchev–Trinajstić information content (AvgIpc) is 2.99. The fourth-order valence-electron chi connectivity index (χ4n) is 5.56. The molecule has 2 aliphatic heterocycles. The Labute approximate surface area is 251 Å². The number of likely N-dealkylation sites (N-methyl/N-ethyl adjacent to an activating group) is 1. The molecule has 0 bridgehead atoms. The molecule has 2 aromatic heterocycles. The van der Waals surface area contributed by atoms with E-state index in [4.69, 9.17) is 0 Å². The molecule has 10 nitrogen and oxygen atoms in total. The molecular weight excluding hydrogens is 582 g/mol. The Balaban J connectivity index is 1.54. The van der Waals surface area contributed by atoms with Crippen molar-refractivity contribution in [2.24, 2.45) is 0 Å². The van der Waals surface area contributed by atoms with E-state index >= 15 is 4.39 Å². The third-order valence-electron chi connectivity index (χ3n) is 8.16. The minimum Gasteiger partial charge on any atom is -0.392 e. The van der Waals surface area contributed by atoms with Gasteiger partial charge in [0, 0.05) is 74.0 Å². The Morgan fingerprint density at radius 1 is 1.11 bits per heavy atom. The molecule has 44 heavy (non-hydrogen) atoms. The second-order valence-electron chi connectivity index (χ2n) is 11.2. The first-order chi connectivity index (χ1) is 20.8. The van der Waals surface area contributed by atoms with Gasteiger partial charge in [0.25, 0.3) is 5.91 Å². The largest absolute Gasteiger partial charge is 0.417 e. The van der Waals surface area contributed by atoms with Crippen LogP contribution in [-0.4, -0.2) is 76.2 Å². The fraction of sp³-hybridized carbons (Fsp3) is 0.400. The van der Waals surface area contributed by atoms with Crippen molar-refractivity contribution in [3.63, 3.8) is 0 Å². The summed E-state index contributed by atoms with van der Waals surface area (Å²) >= 11 is 0. The number of piperazine rings is 1. The molecule has 1 fully saturated rings. The number of carbonyl (C=O) groups is 1. The van der Waals surface area contributed by atoms with Crippen molar-refractivity contribution in [1.29, 1.82) is 0 Å². The monoisotopic (exact) mass is 615 g/mol. The van der Waals surface area contributed by atoms with Gasteiger partial charge in [-0.15, -0.1) is 0 Å². The van der Waals surface area contributed by atoms with E-state index in [2.05, 4.69) is 25.2 Å². The lowest BCUT2D eigenvalue weighted by Gasteiger charge is -2.44. The number of alkyl halides is 3. The predicted molar refractivity (Wildman–Crippen MR) is 158 cm³/mol. The average molecular weight is 616 g/mol. The van der Waals surface area contributed by atoms with Crippen molar-refractivity contribution in [1.82, 2.24) is 19.9 Å². The minimum atomic E-state index is -4.95. The number of rotatable bonds is 6. The Morgan fingerprint density at radius 3 is 2.43 bits per heavy atom. The SMILES string of the molecule is CC1CN(c2cc(F)c(C3=CCCN(c4ncc(CO)cn4)C3)cc2NC(=O)c2c[nH]c(=O)cc2C(F)(F)F)CC(C)N1C. The molecule has 2 atom stereocenters. The first-order valence-corrected chi connectivity index (χ1v) is 14.1. The van der Waals surface area contributed by atoms with Crippen LogP contribution in [0.4, 0.5) is 34.9 Å². The maximum atomic E-state index is 15.9. The van der Waals surface area contributed by atoms with Crippen LogP contribution in [0.15, 0.2) is 47.7 Å².